The molecule has 1 aliphatic heterocycles. The molecule has 1 aromatic rings. The average Bonchev–Trinajstić information content (AvgIpc) is 2.72. The van der Waals surface area contributed by atoms with Crippen LogP contribution in [0.25, 0.3) is 0 Å². The molecular formula is C13H19NO3S. The predicted octanol–water partition coefficient (Wildman–Crippen LogP) is 1.99. The highest BCUT2D eigenvalue weighted by Crippen LogP contribution is 2.30. The van der Waals surface area contributed by atoms with Crippen molar-refractivity contribution in [3.63, 3.8) is 0 Å². The van der Waals surface area contributed by atoms with Crippen molar-refractivity contribution in [1.29, 1.82) is 0 Å². The molecule has 1 N–H and O–H groups in total. The number of hydrogen-bond acceptors (Lipinski definition) is 4. The SMILES string of the molecule is CSCc1ccc(C(=O)N2CC(O)(C(C)C)C2)o1. The Morgan fingerprint density at radius 1 is 1.56 bits per heavy atom. The minimum Gasteiger partial charge on any atom is -0.455 e. The van der Waals surface area contributed by atoms with E-state index < -0.39 is 5.60 Å². The lowest BCUT2D eigenvalue weighted by molar-refractivity contribution is -0.111. The number of furan rings is 1. The Bertz CT molecular complexity index is 435. The van der Waals surface area contributed by atoms with Crippen LogP contribution in [-0.4, -0.2) is 40.9 Å². The number of carbonyl (C=O) groups is 1. The molecule has 1 amide bonds. The fourth-order valence-electron chi connectivity index (χ4n) is 1.99. The van der Waals surface area contributed by atoms with E-state index in [9.17, 15) is 9.90 Å². The zero-order valence-corrected chi connectivity index (χ0v) is 11.8. The van der Waals surface area contributed by atoms with Gasteiger partial charge in [0.2, 0.25) is 0 Å². The number of nitrogens with zero attached hydrogens (tertiary/aromatic N) is 1. The first-order chi connectivity index (χ1) is 8.46. The second kappa shape index (κ2) is 4.97. The van der Waals surface area contributed by atoms with E-state index >= 15 is 0 Å². The van der Waals surface area contributed by atoms with Gasteiger partial charge in [0.1, 0.15) is 11.4 Å². The summed E-state index contributed by atoms with van der Waals surface area (Å²) in [6.45, 7) is 4.71. The quantitative estimate of drug-likeness (QED) is 0.908. The van der Waals surface area contributed by atoms with Crippen LogP contribution in [0.5, 0.6) is 0 Å². The summed E-state index contributed by atoms with van der Waals surface area (Å²) in [4.78, 5) is 13.7. The Balaban J connectivity index is 1.97. The van der Waals surface area contributed by atoms with Crippen LogP contribution in [-0.2, 0) is 5.75 Å². The molecule has 1 saturated heterocycles. The van der Waals surface area contributed by atoms with E-state index in [1.807, 2.05) is 26.2 Å². The largest absolute Gasteiger partial charge is 0.455 e. The Labute approximate surface area is 111 Å². The van der Waals surface area contributed by atoms with E-state index in [1.54, 1.807) is 22.7 Å². The van der Waals surface area contributed by atoms with Crippen LogP contribution in [0.3, 0.4) is 0 Å². The van der Waals surface area contributed by atoms with Gasteiger partial charge in [0.05, 0.1) is 18.8 Å². The van der Waals surface area contributed by atoms with Gasteiger partial charge in [-0.15, -0.1) is 0 Å². The Morgan fingerprint density at radius 3 is 2.78 bits per heavy atom. The van der Waals surface area contributed by atoms with Crippen molar-refractivity contribution in [2.75, 3.05) is 19.3 Å². The van der Waals surface area contributed by atoms with Gasteiger partial charge < -0.3 is 14.4 Å². The molecule has 0 spiro atoms. The van der Waals surface area contributed by atoms with Gasteiger partial charge in [-0.1, -0.05) is 13.8 Å². The zero-order chi connectivity index (χ0) is 13.3. The lowest BCUT2D eigenvalue weighted by Crippen LogP contribution is -2.65. The van der Waals surface area contributed by atoms with Crippen LogP contribution in [0.1, 0.15) is 30.2 Å². The molecule has 0 aromatic carbocycles. The third-order valence-corrected chi connectivity index (χ3v) is 4.02. The monoisotopic (exact) mass is 269 g/mol. The molecular weight excluding hydrogens is 250 g/mol. The summed E-state index contributed by atoms with van der Waals surface area (Å²) >= 11 is 1.65. The number of thioether (sulfide) groups is 1. The van der Waals surface area contributed by atoms with Crippen LogP contribution in [0.4, 0.5) is 0 Å². The standard InChI is InChI=1S/C13H19NO3S/c1-9(2)13(16)7-14(8-13)12(15)11-5-4-10(17-11)6-18-3/h4-5,9,16H,6-8H2,1-3H3. The van der Waals surface area contributed by atoms with E-state index in [0.29, 0.717) is 18.8 Å². The van der Waals surface area contributed by atoms with Gasteiger partial charge in [-0.2, -0.15) is 11.8 Å². The van der Waals surface area contributed by atoms with Crippen molar-refractivity contribution >= 4 is 17.7 Å². The molecule has 0 bridgehead atoms. The second-order valence-corrected chi connectivity index (χ2v) is 5.98. The number of likely N-dealkylation sites (tertiary alicyclic amines) is 1. The first kappa shape index (κ1) is 13.5. The maximum absolute atomic E-state index is 12.1. The van der Waals surface area contributed by atoms with Gasteiger partial charge in [-0.3, -0.25) is 4.79 Å². The van der Waals surface area contributed by atoms with Gasteiger partial charge in [-0.05, 0) is 24.3 Å². The molecule has 0 radical (unpaired) electrons. The molecule has 0 saturated carbocycles. The molecule has 0 aliphatic carbocycles. The lowest BCUT2D eigenvalue weighted by Gasteiger charge is -2.48. The molecule has 100 valence electrons. The molecule has 1 fully saturated rings. The second-order valence-electron chi connectivity index (χ2n) is 5.12. The van der Waals surface area contributed by atoms with E-state index in [4.69, 9.17) is 4.42 Å². The first-order valence-corrected chi connectivity index (χ1v) is 7.45. The van der Waals surface area contributed by atoms with Gasteiger partial charge in [0.15, 0.2) is 5.76 Å². The summed E-state index contributed by atoms with van der Waals surface area (Å²) in [5.74, 6) is 1.97. The highest BCUT2D eigenvalue weighted by Gasteiger charge is 2.46. The lowest BCUT2D eigenvalue weighted by atomic mass is 9.83. The minimum absolute atomic E-state index is 0.132. The maximum atomic E-state index is 12.1. The molecule has 0 unspecified atom stereocenters. The third-order valence-electron chi connectivity index (χ3n) is 3.45. The summed E-state index contributed by atoms with van der Waals surface area (Å²) in [6.07, 6.45) is 1.99. The predicted molar refractivity (Wildman–Crippen MR) is 71.6 cm³/mol. The van der Waals surface area contributed by atoms with Crippen LogP contribution in [0.2, 0.25) is 0 Å². The molecule has 4 nitrogen and oxygen atoms in total. The fraction of sp³-hybridized carbons (Fsp3) is 0.615. The Kier molecular flexibility index (Phi) is 3.73. The van der Waals surface area contributed by atoms with Crippen LogP contribution in [0, 0.1) is 5.92 Å². The topological polar surface area (TPSA) is 53.7 Å². The summed E-state index contributed by atoms with van der Waals surface area (Å²) < 4.78 is 5.48. The van der Waals surface area contributed by atoms with Crippen molar-refractivity contribution in [3.05, 3.63) is 23.7 Å². The fourth-order valence-corrected chi connectivity index (χ4v) is 2.43. The van der Waals surface area contributed by atoms with Crippen LogP contribution in [0.15, 0.2) is 16.5 Å². The minimum atomic E-state index is -0.732. The molecule has 5 heteroatoms. The highest BCUT2D eigenvalue weighted by molar-refractivity contribution is 7.97. The number of rotatable bonds is 4. The summed E-state index contributed by atoms with van der Waals surface area (Å²) in [7, 11) is 0. The molecule has 2 rings (SSSR count). The van der Waals surface area contributed by atoms with Gasteiger partial charge >= 0.3 is 0 Å². The van der Waals surface area contributed by atoms with Crippen molar-refractivity contribution in [3.8, 4) is 0 Å². The van der Waals surface area contributed by atoms with E-state index in [2.05, 4.69) is 0 Å². The number of aliphatic hydroxyl groups is 1. The summed E-state index contributed by atoms with van der Waals surface area (Å²) in [5, 5.41) is 10.1. The van der Waals surface area contributed by atoms with Crippen molar-refractivity contribution in [2.45, 2.75) is 25.2 Å². The molecule has 1 aromatic heterocycles. The van der Waals surface area contributed by atoms with Crippen LogP contribution < -0.4 is 0 Å². The normalized spacial score (nSPS) is 17.9. The van der Waals surface area contributed by atoms with Gasteiger partial charge in [0.25, 0.3) is 5.91 Å². The molecule has 2 heterocycles. The summed E-state index contributed by atoms with van der Waals surface area (Å²) in [5.41, 5.74) is -0.732. The third kappa shape index (κ3) is 2.42. The molecule has 0 atom stereocenters. The van der Waals surface area contributed by atoms with E-state index in [1.165, 1.54) is 0 Å². The molecule has 18 heavy (non-hydrogen) atoms. The maximum Gasteiger partial charge on any atom is 0.289 e. The van der Waals surface area contributed by atoms with E-state index in [0.717, 1.165) is 11.5 Å². The summed E-state index contributed by atoms with van der Waals surface area (Å²) in [6, 6.07) is 3.54. The Morgan fingerprint density at radius 2 is 2.22 bits per heavy atom. The molecule has 1 aliphatic rings. The van der Waals surface area contributed by atoms with Crippen molar-refractivity contribution < 1.29 is 14.3 Å². The smallest absolute Gasteiger partial charge is 0.289 e. The number of amides is 1. The zero-order valence-electron chi connectivity index (χ0n) is 11.0. The number of carbonyl (C=O) groups excluding carboxylic acids is 1. The highest BCUT2D eigenvalue weighted by atomic mass is 32.2. The van der Waals surface area contributed by atoms with Crippen molar-refractivity contribution in [1.82, 2.24) is 4.90 Å². The van der Waals surface area contributed by atoms with Crippen molar-refractivity contribution in [2.24, 2.45) is 5.92 Å². The Hall–Kier alpha value is -0.940. The first-order valence-electron chi connectivity index (χ1n) is 6.05. The van der Waals surface area contributed by atoms with Gasteiger partial charge in [0, 0.05) is 0 Å². The number of hydrogen-bond donors (Lipinski definition) is 1. The van der Waals surface area contributed by atoms with Gasteiger partial charge in [-0.25, -0.2) is 0 Å². The van der Waals surface area contributed by atoms with E-state index in [-0.39, 0.29) is 11.8 Å². The number of β-amino-alcohol motifs (C(OH)–C–C–N with tert-alkyl or cyclic N) is 1. The van der Waals surface area contributed by atoms with Crippen LogP contribution >= 0.6 is 11.8 Å². The average molecular weight is 269 g/mol.